The molecule has 0 bridgehead atoms. The summed E-state index contributed by atoms with van der Waals surface area (Å²) < 4.78 is 0. The number of hydrogen-bond acceptors (Lipinski definition) is 2. The second-order valence-electron chi connectivity index (χ2n) is 3.03. The molecule has 1 aromatic carbocycles. The van der Waals surface area contributed by atoms with E-state index in [9.17, 15) is 4.79 Å². The minimum absolute atomic E-state index is 0.828. The standard InChI is InChI=1S/C12H14OS/c1-14-10-12(9-13)8-7-11-5-3-2-4-6-11/h2-6,9-10H,7-8H2,1H3/b12-10-. The highest BCUT2D eigenvalue weighted by Crippen LogP contribution is 2.10. The number of carbonyl (C=O) groups excluding carboxylic acids is 1. The predicted octanol–water partition coefficient (Wildman–Crippen LogP) is 3.07. The molecule has 0 saturated heterocycles. The predicted molar refractivity (Wildman–Crippen MR) is 62.4 cm³/mol. The summed E-state index contributed by atoms with van der Waals surface area (Å²) in [6.45, 7) is 0. The summed E-state index contributed by atoms with van der Waals surface area (Å²) in [5.41, 5.74) is 2.16. The van der Waals surface area contributed by atoms with Crippen molar-refractivity contribution in [3.8, 4) is 0 Å². The number of rotatable bonds is 5. The van der Waals surface area contributed by atoms with Crippen molar-refractivity contribution in [2.24, 2.45) is 0 Å². The Morgan fingerprint density at radius 3 is 2.64 bits per heavy atom. The van der Waals surface area contributed by atoms with Crippen LogP contribution < -0.4 is 0 Å². The van der Waals surface area contributed by atoms with E-state index in [1.807, 2.05) is 29.9 Å². The number of carbonyl (C=O) groups is 1. The summed E-state index contributed by atoms with van der Waals surface area (Å²) in [6.07, 6.45) is 4.67. The van der Waals surface area contributed by atoms with Crippen molar-refractivity contribution >= 4 is 18.0 Å². The highest BCUT2D eigenvalue weighted by Gasteiger charge is 1.96. The summed E-state index contributed by atoms with van der Waals surface area (Å²) in [4.78, 5) is 10.6. The van der Waals surface area contributed by atoms with Crippen LogP contribution in [0.1, 0.15) is 12.0 Å². The van der Waals surface area contributed by atoms with Crippen molar-refractivity contribution in [1.82, 2.24) is 0 Å². The van der Waals surface area contributed by atoms with Gasteiger partial charge < -0.3 is 0 Å². The van der Waals surface area contributed by atoms with Crippen LogP contribution in [0.2, 0.25) is 0 Å². The second kappa shape index (κ2) is 6.44. The van der Waals surface area contributed by atoms with Crippen LogP contribution in [0.25, 0.3) is 0 Å². The van der Waals surface area contributed by atoms with Crippen molar-refractivity contribution in [3.63, 3.8) is 0 Å². The Labute approximate surface area is 89.2 Å². The molecular formula is C12H14OS. The Balaban J connectivity index is 2.48. The van der Waals surface area contributed by atoms with E-state index in [-0.39, 0.29) is 0 Å². The minimum Gasteiger partial charge on any atom is -0.298 e. The maximum absolute atomic E-state index is 10.6. The highest BCUT2D eigenvalue weighted by atomic mass is 32.2. The molecule has 0 aliphatic rings. The van der Waals surface area contributed by atoms with Gasteiger partial charge in [0.1, 0.15) is 6.29 Å². The fourth-order valence-corrected chi connectivity index (χ4v) is 1.71. The fourth-order valence-electron chi connectivity index (χ4n) is 1.23. The van der Waals surface area contributed by atoms with E-state index in [0.717, 1.165) is 24.7 Å². The van der Waals surface area contributed by atoms with E-state index >= 15 is 0 Å². The number of allylic oxidation sites excluding steroid dienone is 1. The van der Waals surface area contributed by atoms with Gasteiger partial charge in [-0.25, -0.2) is 0 Å². The molecule has 0 aliphatic heterocycles. The third kappa shape index (κ3) is 3.79. The van der Waals surface area contributed by atoms with Crippen molar-refractivity contribution in [1.29, 1.82) is 0 Å². The van der Waals surface area contributed by atoms with Crippen LogP contribution >= 0.6 is 11.8 Å². The summed E-state index contributed by atoms with van der Waals surface area (Å²) in [6, 6.07) is 10.2. The van der Waals surface area contributed by atoms with Crippen molar-refractivity contribution < 1.29 is 4.79 Å². The van der Waals surface area contributed by atoms with Gasteiger partial charge in [-0.15, -0.1) is 11.8 Å². The molecule has 0 fully saturated rings. The average Bonchev–Trinajstić information content (AvgIpc) is 2.25. The van der Waals surface area contributed by atoms with E-state index in [1.54, 1.807) is 11.8 Å². The van der Waals surface area contributed by atoms with Gasteiger partial charge in [-0.05, 0) is 35.6 Å². The summed E-state index contributed by atoms with van der Waals surface area (Å²) >= 11 is 1.58. The normalized spacial score (nSPS) is 11.4. The Hall–Kier alpha value is -1.02. The van der Waals surface area contributed by atoms with Crippen molar-refractivity contribution in [2.75, 3.05) is 6.26 Å². The van der Waals surface area contributed by atoms with E-state index in [0.29, 0.717) is 0 Å². The van der Waals surface area contributed by atoms with Gasteiger partial charge >= 0.3 is 0 Å². The van der Waals surface area contributed by atoms with Gasteiger partial charge in [0.2, 0.25) is 0 Å². The first-order valence-corrected chi connectivity index (χ1v) is 5.86. The third-order valence-corrected chi connectivity index (χ3v) is 2.50. The van der Waals surface area contributed by atoms with Gasteiger partial charge in [-0.2, -0.15) is 0 Å². The van der Waals surface area contributed by atoms with E-state index in [4.69, 9.17) is 0 Å². The van der Waals surface area contributed by atoms with Crippen molar-refractivity contribution in [3.05, 3.63) is 46.9 Å². The number of thioether (sulfide) groups is 1. The lowest BCUT2D eigenvalue weighted by molar-refractivity contribution is -0.105. The minimum atomic E-state index is 0.828. The molecule has 1 nitrogen and oxygen atoms in total. The zero-order valence-electron chi connectivity index (χ0n) is 8.27. The first-order valence-electron chi connectivity index (χ1n) is 4.57. The summed E-state index contributed by atoms with van der Waals surface area (Å²) in [5.74, 6) is 0. The number of aryl methyl sites for hydroxylation is 1. The zero-order chi connectivity index (χ0) is 10.2. The van der Waals surface area contributed by atoms with Crippen LogP contribution in [0, 0.1) is 0 Å². The molecule has 0 spiro atoms. The second-order valence-corrected chi connectivity index (χ2v) is 3.74. The Bertz CT molecular complexity index is 303. The molecule has 0 radical (unpaired) electrons. The van der Waals surface area contributed by atoms with Crippen molar-refractivity contribution in [2.45, 2.75) is 12.8 Å². The van der Waals surface area contributed by atoms with E-state index in [1.165, 1.54) is 5.56 Å². The molecule has 14 heavy (non-hydrogen) atoms. The van der Waals surface area contributed by atoms with Gasteiger partial charge in [0.05, 0.1) is 0 Å². The largest absolute Gasteiger partial charge is 0.298 e. The van der Waals surface area contributed by atoms with Gasteiger partial charge in [0.25, 0.3) is 0 Å². The lowest BCUT2D eigenvalue weighted by Crippen LogP contribution is -1.89. The van der Waals surface area contributed by atoms with Gasteiger partial charge in [0, 0.05) is 0 Å². The molecule has 1 rings (SSSR count). The number of hydrogen-bond donors (Lipinski definition) is 0. The molecule has 0 aliphatic carbocycles. The first-order chi connectivity index (χ1) is 6.86. The average molecular weight is 206 g/mol. The lowest BCUT2D eigenvalue weighted by atomic mass is 10.1. The topological polar surface area (TPSA) is 17.1 Å². The van der Waals surface area contributed by atoms with Gasteiger partial charge in [-0.3, -0.25) is 4.79 Å². The molecular weight excluding hydrogens is 192 g/mol. The molecule has 0 N–H and O–H groups in total. The third-order valence-electron chi connectivity index (χ3n) is 1.97. The fraction of sp³-hybridized carbons (Fsp3) is 0.250. The molecule has 74 valence electrons. The lowest BCUT2D eigenvalue weighted by Gasteiger charge is -2.00. The maximum atomic E-state index is 10.6. The maximum Gasteiger partial charge on any atom is 0.146 e. The van der Waals surface area contributed by atoms with Crippen LogP contribution in [-0.4, -0.2) is 12.5 Å². The van der Waals surface area contributed by atoms with Gasteiger partial charge in [0.15, 0.2) is 0 Å². The van der Waals surface area contributed by atoms with Crippen LogP contribution in [0.5, 0.6) is 0 Å². The quantitative estimate of drug-likeness (QED) is 0.544. The first kappa shape index (κ1) is 11.1. The van der Waals surface area contributed by atoms with Crippen LogP contribution in [0.3, 0.4) is 0 Å². The Morgan fingerprint density at radius 1 is 1.36 bits per heavy atom. The Kier molecular flexibility index (Phi) is 5.08. The highest BCUT2D eigenvalue weighted by molar-refractivity contribution is 8.01. The molecule has 0 amide bonds. The Morgan fingerprint density at radius 2 is 2.07 bits per heavy atom. The molecule has 0 unspecified atom stereocenters. The van der Waals surface area contributed by atoms with E-state index < -0.39 is 0 Å². The smallest absolute Gasteiger partial charge is 0.146 e. The molecule has 2 heteroatoms. The van der Waals surface area contributed by atoms with Crippen LogP contribution in [0.4, 0.5) is 0 Å². The zero-order valence-corrected chi connectivity index (χ0v) is 9.09. The van der Waals surface area contributed by atoms with Crippen LogP contribution in [-0.2, 0) is 11.2 Å². The molecule has 0 heterocycles. The SMILES string of the molecule is CS/C=C(\C=O)CCc1ccccc1. The molecule has 0 saturated carbocycles. The monoisotopic (exact) mass is 206 g/mol. The number of benzene rings is 1. The van der Waals surface area contributed by atoms with Crippen LogP contribution in [0.15, 0.2) is 41.3 Å². The molecule has 0 atom stereocenters. The number of aldehydes is 1. The molecule has 0 aromatic heterocycles. The summed E-state index contributed by atoms with van der Waals surface area (Å²) in [5, 5.41) is 1.91. The summed E-state index contributed by atoms with van der Waals surface area (Å²) in [7, 11) is 0. The molecule has 1 aromatic rings. The van der Waals surface area contributed by atoms with Gasteiger partial charge in [-0.1, -0.05) is 30.3 Å². The van der Waals surface area contributed by atoms with E-state index in [2.05, 4.69) is 12.1 Å².